The second kappa shape index (κ2) is 7.16. The lowest BCUT2D eigenvalue weighted by atomic mass is 10.1. The number of hydrogen-bond donors (Lipinski definition) is 3. The molecule has 0 aliphatic carbocycles. The summed E-state index contributed by atoms with van der Waals surface area (Å²) < 4.78 is 4.51. The smallest absolute Gasteiger partial charge is 0.404 e. The largest absolute Gasteiger partial charge is 0.448 e. The molecule has 0 bridgehead atoms. The Morgan fingerprint density at radius 3 is 2.72 bits per heavy atom. The molecule has 0 aliphatic rings. The van der Waals surface area contributed by atoms with Gasteiger partial charge in [0.15, 0.2) is 0 Å². The van der Waals surface area contributed by atoms with Gasteiger partial charge in [0.2, 0.25) is 0 Å². The van der Waals surface area contributed by atoms with Crippen LogP contribution < -0.4 is 16.4 Å². The number of rotatable bonds is 6. The monoisotopic (exact) mass is 251 g/mol. The lowest BCUT2D eigenvalue weighted by Crippen LogP contribution is -2.29. The molecule has 0 heterocycles. The molecule has 1 aromatic rings. The minimum atomic E-state index is -0.850. The third kappa shape index (κ3) is 4.32. The fourth-order valence-corrected chi connectivity index (χ4v) is 1.44. The molecular weight excluding hydrogens is 234 g/mol. The highest BCUT2D eigenvalue weighted by Gasteiger charge is 2.09. The Kier molecular flexibility index (Phi) is 5.50. The van der Waals surface area contributed by atoms with Gasteiger partial charge in [-0.25, -0.2) is 4.79 Å². The predicted molar refractivity (Wildman–Crippen MR) is 68.5 cm³/mol. The van der Waals surface area contributed by atoms with Crippen molar-refractivity contribution in [2.75, 3.05) is 25.0 Å². The molecule has 4 N–H and O–H groups in total. The average Bonchev–Trinajstić information content (AvgIpc) is 2.35. The molecule has 6 nitrogen and oxygen atoms in total. The molecule has 6 heteroatoms. The third-order valence-electron chi connectivity index (χ3n) is 2.17. The van der Waals surface area contributed by atoms with Crippen LogP contribution in [0.15, 0.2) is 24.3 Å². The summed E-state index contributed by atoms with van der Waals surface area (Å²) in [5.41, 5.74) is 6.13. The first-order chi connectivity index (χ1) is 8.65. The van der Waals surface area contributed by atoms with E-state index < -0.39 is 6.09 Å². The van der Waals surface area contributed by atoms with E-state index >= 15 is 0 Å². The molecule has 0 saturated carbocycles. The summed E-state index contributed by atoms with van der Waals surface area (Å²) >= 11 is 0. The minimum absolute atomic E-state index is 0.0600. The highest BCUT2D eigenvalue weighted by Crippen LogP contribution is 2.14. The summed E-state index contributed by atoms with van der Waals surface area (Å²) in [6.45, 7) is 2.97. The summed E-state index contributed by atoms with van der Waals surface area (Å²) in [5, 5.41) is 5.74. The predicted octanol–water partition coefficient (Wildman–Crippen LogP) is 0.943. The average molecular weight is 251 g/mol. The fraction of sp³-hybridized carbons (Fsp3) is 0.333. The van der Waals surface area contributed by atoms with Gasteiger partial charge < -0.3 is 21.1 Å². The SMILES string of the molecule is CCNc1ccccc1C(=O)NCCOC(N)=O. The molecule has 0 saturated heterocycles. The standard InChI is InChI=1S/C12H17N3O3/c1-2-14-10-6-4-3-5-9(10)11(16)15-7-8-18-12(13)17/h3-6,14H,2,7-8H2,1H3,(H2,13,17)(H,15,16). The molecule has 98 valence electrons. The fourth-order valence-electron chi connectivity index (χ4n) is 1.44. The number of nitrogens with one attached hydrogen (secondary N) is 2. The van der Waals surface area contributed by atoms with Gasteiger partial charge in [0.25, 0.3) is 5.91 Å². The van der Waals surface area contributed by atoms with Gasteiger partial charge in [0.05, 0.1) is 12.1 Å². The number of para-hydroxylation sites is 1. The maximum absolute atomic E-state index is 11.9. The quantitative estimate of drug-likeness (QED) is 0.656. The van der Waals surface area contributed by atoms with Crippen LogP contribution in [0.1, 0.15) is 17.3 Å². The molecule has 0 unspecified atom stereocenters. The number of nitrogens with two attached hydrogens (primary N) is 1. The topological polar surface area (TPSA) is 93.4 Å². The van der Waals surface area contributed by atoms with Gasteiger partial charge in [-0.15, -0.1) is 0 Å². The van der Waals surface area contributed by atoms with E-state index in [2.05, 4.69) is 15.4 Å². The third-order valence-corrected chi connectivity index (χ3v) is 2.17. The Hall–Kier alpha value is -2.24. The van der Waals surface area contributed by atoms with E-state index in [0.29, 0.717) is 5.56 Å². The van der Waals surface area contributed by atoms with Gasteiger partial charge >= 0.3 is 6.09 Å². The number of anilines is 1. The Morgan fingerprint density at radius 1 is 1.33 bits per heavy atom. The van der Waals surface area contributed by atoms with Crippen LogP contribution >= 0.6 is 0 Å². The summed E-state index contributed by atoms with van der Waals surface area (Å²) in [6, 6.07) is 7.20. The number of amides is 2. The van der Waals surface area contributed by atoms with Crippen molar-refractivity contribution in [2.45, 2.75) is 6.92 Å². The molecule has 1 aromatic carbocycles. The van der Waals surface area contributed by atoms with Gasteiger partial charge in [0, 0.05) is 12.2 Å². The number of carbonyl (C=O) groups excluding carboxylic acids is 2. The van der Waals surface area contributed by atoms with Crippen LogP contribution in [0, 0.1) is 0 Å². The highest BCUT2D eigenvalue weighted by atomic mass is 16.5. The molecule has 0 spiro atoms. The summed E-state index contributed by atoms with van der Waals surface area (Å²) in [7, 11) is 0. The first kappa shape index (κ1) is 13.8. The van der Waals surface area contributed by atoms with E-state index in [1.807, 2.05) is 19.1 Å². The van der Waals surface area contributed by atoms with Crippen molar-refractivity contribution in [2.24, 2.45) is 5.73 Å². The van der Waals surface area contributed by atoms with Crippen LogP contribution in [0.2, 0.25) is 0 Å². The van der Waals surface area contributed by atoms with E-state index in [4.69, 9.17) is 5.73 Å². The van der Waals surface area contributed by atoms with Crippen LogP contribution in [0.25, 0.3) is 0 Å². The van der Waals surface area contributed by atoms with Crippen molar-refractivity contribution < 1.29 is 14.3 Å². The Labute approximate surface area is 105 Å². The molecule has 0 aromatic heterocycles. The van der Waals surface area contributed by atoms with Crippen LogP contribution in [-0.2, 0) is 4.74 Å². The van der Waals surface area contributed by atoms with Crippen LogP contribution in [0.5, 0.6) is 0 Å². The van der Waals surface area contributed by atoms with Crippen molar-refractivity contribution in [1.82, 2.24) is 5.32 Å². The Morgan fingerprint density at radius 2 is 2.06 bits per heavy atom. The zero-order chi connectivity index (χ0) is 13.4. The van der Waals surface area contributed by atoms with E-state index in [1.54, 1.807) is 12.1 Å². The zero-order valence-electron chi connectivity index (χ0n) is 10.2. The van der Waals surface area contributed by atoms with Crippen molar-refractivity contribution in [1.29, 1.82) is 0 Å². The van der Waals surface area contributed by atoms with Gasteiger partial charge in [-0.1, -0.05) is 12.1 Å². The highest BCUT2D eigenvalue weighted by molar-refractivity contribution is 5.99. The number of benzene rings is 1. The Bertz CT molecular complexity index is 421. The normalized spacial score (nSPS) is 9.61. The lowest BCUT2D eigenvalue weighted by Gasteiger charge is -2.10. The molecule has 18 heavy (non-hydrogen) atoms. The summed E-state index contributed by atoms with van der Waals surface area (Å²) in [6.07, 6.45) is -0.850. The van der Waals surface area contributed by atoms with Crippen molar-refractivity contribution >= 4 is 17.7 Å². The van der Waals surface area contributed by atoms with E-state index in [1.165, 1.54) is 0 Å². The molecular formula is C12H17N3O3. The first-order valence-corrected chi connectivity index (χ1v) is 5.68. The molecule has 0 radical (unpaired) electrons. The van der Waals surface area contributed by atoms with Crippen molar-refractivity contribution in [3.63, 3.8) is 0 Å². The zero-order valence-corrected chi connectivity index (χ0v) is 10.2. The second-order valence-corrected chi connectivity index (χ2v) is 3.50. The second-order valence-electron chi connectivity index (χ2n) is 3.50. The number of ether oxygens (including phenoxy) is 1. The van der Waals surface area contributed by atoms with E-state index in [0.717, 1.165) is 12.2 Å². The van der Waals surface area contributed by atoms with Gasteiger partial charge in [-0.3, -0.25) is 4.79 Å². The molecule has 1 rings (SSSR count). The summed E-state index contributed by atoms with van der Waals surface area (Å²) in [5.74, 6) is -0.223. The molecule has 0 aliphatic heterocycles. The van der Waals surface area contributed by atoms with Crippen LogP contribution in [0.4, 0.5) is 10.5 Å². The van der Waals surface area contributed by atoms with Gasteiger partial charge in [-0.2, -0.15) is 0 Å². The van der Waals surface area contributed by atoms with Crippen LogP contribution in [0.3, 0.4) is 0 Å². The lowest BCUT2D eigenvalue weighted by molar-refractivity contribution is 0.0937. The molecule has 2 amide bonds. The first-order valence-electron chi connectivity index (χ1n) is 5.68. The molecule has 0 fully saturated rings. The number of primary amides is 1. The van der Waals surface area contributed by atoms with E-state index in [9.17, 15) is 9.59 Å². The van der Waals surface area contributed by atoms with Crippen molar-refractivity contribution in [3.8, 4) is 0 Å². The van der Waals surface area contributed by atoms with E-state index in [-0.39, 0.29) is 19.1 Å². The number of hydrogen-bond acceptors (Lipinski definition) is 4. The minimum Gasteiger partial charge on any atom is -0.448 e. The number of carbonyl (C=O) groups is 2. The maximum Gasteiger partial charge on any atom is 0.404 e. The van der Waals surface area contributed by atoms with Gasteiger partial charge in [0.1, 0.15) is 6.61 Å². The maximum atomic E-state index is 11.9. The van der Waals surface area contributed by atoms with Gasteiger partial charge in [-0.05, 0) is 19.1 Å². The molecule has 0 atom stereocenters. The summed E-state index contributed by atoms with van der Waals surface area (Å²) in [4.78, 5) is 22.2. The van der Waals surface area contributed by atoms with Crippen molar-refractivity contribution in [3.05, 3.63) is 29.8 Å². The van der Waals surface area contributed by atoms with Crippen LogP contribution in [-0.4, -0.2) is 31.7 Å². The Balaban J connectivity index is 2.53.